The first kappa shape index (κ1) is 39.5. The quantitative estimate of drug-likeness (QED) is 0.0991. The standard InChI is InChI=1S/C36H64O5Si2/c1-13-15-16-18-31(37)27-25-29-21-23-30(24-22-29)26-28-33(41-43(11,12)36(6,7)8)32(19-17-20-34(38)39-14-2)40-42(9,10)35(3,4)5/h21-28,31-33,37H,13-20H2,1-12H3/b27-25+,28-26+. The van der Waals surface area contributed by atoms with Crippen molar-refractivity contribution in [1.82, 2.24) is 0 Å². The van der Waals surface area contributed by atoms with Crippen molar-refractivity contribution in [2.45, 2.75) is 155 Å². The van der Waals surface area contributed by atoms with Gasteiger partial charge in [0, 0.05) is 6.42 Å². The molecule has 3 atom stereocenters. The molecule has 0 aromatic heterocycles. The Hall–Kier alpha value is -1.52. The molecule has 1 aromatic rings. The number of aliphatic hydroxyl groups is 1. The van der Waals surface area contributed by atoms with Crippen LogP contribution in [0.25, 0.3) is 12.2 Å². The summed E-state index contributed by atoms with van der Waals surface area (Å²) in [5.74, 6) is -0.159. The number of hydrogen-bond donors (Lipinski definition) is 1. The predicted octanol–water partition coefficient (Wildman–Crippen LogP) is 10.2. The van der Waals surface area contributed by atoms with E-state index in [1.165, 1.54) is 0 Å². The van der Waals surface area contributed by atoms with Gasteiger partial charge in [0.05, 0.1) is 24.9 Å². The zero-order valence-corrected chi connectivity index (χ0v) is 31.6. The third kappa shape index (κ3) is 14.4. The molecular weight excluding hydrogens is 569 g/mol. The van der Waals surface area contributed by atoms with E-state index in [0.29, 0.717) is 19.4 Å². The maximum Gasteiger partial charge on any atom is 0.305 e. The average molecular weight is 633 g/mol. The fourth-order valence-electron chi connectivity index (χ4n) is 4.13. The number of carbonyl (C=O) groups excluding carboxylic acids is 1. The Labute approximate surface area is 266 Å². The first-order valence-electron chi connectivity index (χ1n) is 16.5. The van der Waals surface area contributed by atoms with Crippen LogP contribution in [0, 0.1) is 0 Å². The molecule has 0 amide bonds. The molecule has 246 valence electrons. The van der Waals surface area contributed by atoms with Gasteiger partial charge in [-0.3, -0.25) is 4.79 Å². The monoisotopic (exact) mass is 632 g/mol. The van der Waals surface area contributed by atoms with Gasteiger partial charge in [-0.2, -0.15) is 0 Å². The van der Waals surface area contributed by atoms with Crippen LogP contribution in [0.2, 0.25) is 36.3 Å². The van der Waals surface area contributed by atoms with Crippen molar-refractivity contribution < 1.29 is 23.5 Å². The van der Waals surface area contributed by atoms with E-state index in [2.05, 4.69) is 111 Å². The molecule has 0 bridgehead atoms. The van der Waals surface area contributed by atoms with Gasteiger partial charge in [0.25, 0.3) is 0 Å². The van der Waals surface area contributed by atoms with Crippen molar-refractivity contribution in [3.05, 3.63) is 47.5 Å². The molecule has 0 saturated heterocycles. The minimum atomic E-state index is -2.15. The summed E-state index contributed by atoms with van der Waals surface area (Å²) >= 11 is 0. The van der Waals surface area contributed by atoms with Crippen LogP contribution in [0.4, 0.5) is 0 Å². The summed E-state index contributed by atoms with van der Waals surface area (Å²) in [4.78, 5) is 12.2. The number of hydrogen-bond acceptors (Lipinski definition) is 5. The molecule has 5 nitrogen and oxygen atoms in total. The molecule has 0 aliphatic carbocycles. The highest BCUT2D eigenvalue weighted by atomic mass is 28.4. The number of carbonyl (C=O) groups is 1. The minimum absolute atomic E-state index is 0.0423. The van der Waals surface area contributed by atoms with Gasteiger partial charge in [-0.15, -0.1) is 0 Å². The molecule has 1 N–H and O–H groups in total. The molecule has 0 fully saturated rings. The molecule has 0 saturated carbocycles. The highest BCUT2D eigenvalue weighted by Gasteiger charge is 2.44. The van der Waals surface area contributed by atoms with Crippen molar-refractivity contribution in [2.75, 3.05) is 6.61 Å². The molecule has 0 aliphatic heterocycles. The van der Waals surface area contributed by atoms with Crippen LogP contribution in [-0.2, 0) is 18.4 Å². The van der Waals surface area contributed by atoms with E-state index < -0.39 is 22.7 Å². The molecule has 0 radical (unpaired) electrons. The van der Waals surface area contributed by atoms with Crippen molar-refractivity contribution in [2.24, 2.45) is 0 Å². The van der Waals surface area contributed by atoms with Crippen LogP contribution in [0.15, 0.2) is 36.4 Å². The van der Waals surface area contributed by atoms with Gasteiger partial charge in [0.2, 0.25) is 0 Å². The number of benzene rings is 1. The van der Waals surface area contributed by atoms with Crippen molar-refractivity contribution in [3.63, 3.8) is 0 Å². The molecule has 0 spiro atoms. The highest BCUT2D eigenvalue weighted by Crippen LogP contribution is 2.41. The molecule has 7 heteroatoms. The van der Waals surface area contributed by atoms with E-state index in [-0.39, 0.29) is 28.3 Å². The first-order chi connectivity index (χ1) is 19.8. The van der Waals surface area contributed by atoms with Gasteiger partial charge in [-0.25, -0.2) is 0 Å². The second-order valence-electron chi connectivity index (χ2n) is 14.9. The molecule has 0 heterocycles. The van der Waals surface area contributed by atoms with E-state index in [1.54, 1.807) is 0 Å². The molecule has 1 aromatic carbocycles. The summed E-state index contributed by atoms with van der Waals surface area (Å²) in [6.45, 7) is 27.1. The van der Waals surface area contributed by atoms with Gasteiger partial charge < -0.3 is 18.7 Å². The second kappa shape index (κ2) is 17.8. The Morgan fingerprint density at radius 1 is 0.791 bits per heavy atom. The second-order valence-corrected chi connectivity index (χ2v) is 24.4. The molecule has 1 rings (SSSR count). The van der Waals surface area contributed by atoms with Gasteiger partial charge in [0.15, 0.2) is 16.6 Å². The van der Waals surface area contributed by atoms with E-state index in [9.17, 15) is 9.90 Å². The summed E-state index contributed by atoms with van der Waals surface area (Å²) in [6, 6.07) is 8.38. The number of ether oxygens (including phenoxy) is 1. The lowest BCUT2D eigenvalue weighted by Gasteiger charge is -2.44. The maximum atomic E-state index is 12.2. The summed E-state index contributed by atoms with van der Waals surface area (Å²) in [7, 11) is -4.28. The lowest BCUT2D eigenvalue weighted by Crippen LogP contribution is -2.51. The normalized spacial score (nSPS) is 15.7. The lowest BCUT2D eigenvalue weighted by atomic mass is 10.0. The first-order valence-corrected chi connectivity index (χ1v) is 22.3. The molecule has 43 heavy (non-hydrogen) atoms. The molecular formula is C36H64O5Si2. The van der Waals surface area contributed by atoms with Gasteiger partial charge in [-0.05, 0) is 73.6 Å². The minimum Gasteiger partial charge on any atom is -0.466 e. The van der Waals surface area contributed by atoms with Crippen LogP contribution in [-0.4, -0.2) is 52.6 Å². The van der Waals surface area contributed by atoms with Crippen LogP contribution in [0.1, 0.15) is 111 Å². The SMILES string of the molecule is CCCCCC(O)/C=C/c1ccc(/C=C/C(O[Si](C)(C)C(C)(C)C)C(CCCC(=O)OCC)O[Si](C)(C)C(C)(C)C)cc1. The van der Waals surface area contributed by atoms with Crippen LogP contribution >= 0.6 is 0 Å². The van der Waals surface area contributed by atoms with Crippen molar-refractivity contribution >= 4 is 34.8 Å². The van der Waals surface area contributed by atoms with E-state index in [1.807, 2.05) is 19.1 Å². The number of esters is 1. The van der Waals surface area contributed by atoms with Crippen molar-refractivity contribution in [3.8, 4) is 0 Å². The summed E-state index contributed by atoms with van der Waals surface area (Å²) in [5, 5.41) is 10.3. The Bertz CT molecular complexity index is 1000. The van der Waals surface area contributed by atoms with Crippen LogP contribution in [0.5, 0.6) is 0 Å². The molecule has 0 aliphatic rings. The number of aliphatic hydroxyl groups excluding tert-OH is 1. The Balaban J connectivity index is 3.31. The topological polar surface area (TPSA) is 65.0 Å². The summed E-state index contributed by atoms with van der Waals surface area (Å²) < 4.78 is 19.3. The molecule has 3 unspecified atom stereocenters. The summed E-state index contributed by atoms with van der Waals surface area (Å²) in [5.41, 5.74) is 2.15. The Kier molecular flexibility index (Phi) is 16.4. The van der Waals surface area contributed by atoms with Gasteiger partial charge >= 0.3 is 5.97 Å². The summed E-state index contributed by atoms with van der Waals surface area (Å²) in [6.07, 6.45) is 13.3. The smallest absolute Gasteiger partial charge is 0.305 e. The number of rotatable bonds is 18. The Morgan fingerprint density at radius 2 is 1.30 bits per heavy atom. The predicted molar refractivity (Wildman–Crippen MR) is 189 cm³/mol. The van der Waals surface area contributed by atoms with Crippen LogP contribution < -0.4 is 0 Å². The fourth-order valence-corrected chi connectivity index (χ4v) is 6.76. The average Bonchev–Trinajstić information content (AvgIpc) is 2.89. The van der Waals surface area contributed by atoms with Crippen LogP contribution in [0.3, 0.4) is 0 Å². The Morgan fingerprint density at radius 3 is 1.79 bits per heavy atom. The highest BCUT2D eigenvalue weighted by molar-refractivity contribution is 6.74. The lowest BCUT2D eigenvalue weighted by molar-refractivity contribution is -0.143. The van der Waals surface area contributed by atoms with E-state index >= 15 is 0 Å². The zero-order chi connectivity index (χ0) is 32.9. The largest absolute Gasteiger partial charge is 0.466 e. The zero-order valence-electron chi connectivity index (χ0n) is 29.6. The fraction of sp³-hybridized carbons (Fsp3) is 0.694. The van der Waals surface area contributed by atoms with Gasteiger partial charge in [0.1, 0.15) is 0 Å². The van der Waals surface area contributed by atoms with E-state index in [4.69, 9.17) is 13.6 Å². The van der Waals surface area contributed by atoms with Crippen molar-refractivity contribution in [1.29, 1.82) is 0 Å². The van der Waals surface area contributed by atoms with E-state index in [0.717, 1.165) is 43.2 Å². The third-order valence-electron chi connectivity index (χ3n) is 9.06. The number of unbranched alkanes of at least 4 members (excludes halogenated alkanes) is 2. The van der Waals surface area contributed by atoms with Gasteiger partial charge in [-0.1, -0.05) is 116 Å². The maximum absolute atomic E-state index is 12.2. The third-order valence-corrected chi connectivity index (χ3v) is 18.0.